The monoisotopic (exact) mass is 470 g/mol. The van der Waals surface area contributed by atoms with E-state index in [9.17, 15) is 4.39 Å². The third kappa shape index (κ3) is 6.10. The van der Waals surface area contributed by atoms with Crippen LogP contribution in [0.5, 0.6) is 0 Å². The maximum absolute atomic E-state index is 13.1. The van der Waals surface area contributed by atoms with Gasteiger partial charge in [0, 0.05) is 31.7 Å². The first kappa shape index (κ1) is 23.7. The van der Waals surface area contributed by atoms with Gasteiger partial charge in [0.2, 0.25) is 5.95 Å². The summed E-state index contributed by atoms with van der Waals surface area (Å²) in [4.78, 5) is 11.8. The summed E-state index contributed by atoms with van der Waals surface area (Å²) in [5, 5.41) is 11.0. The molecule has 1 atom stereocenters. The third-order valence-electron chi connectivity index (χ3n) is 6.70. The highest BCUT2D eigenvalue weighted by atomic mass is 32.1. The van der Waals surface area contributed by atoms with Crippen molar-refractivity contribution < 1.29 is 4.39 Å². The molecule has 1 saturated carbocycles. The lowest BCUT2D eigenvalue weighted by atomic mass is 9.91. The Morgan fingerprint density at radius 3 is 2.39 bits per heavy atom. The van der Waals surface area contributed by atoms with Crippen LogP contribution in [0.15, 0.2) is 24.3 Å². The number of anilines is 2. The molecule has 0 aliphatic heterocycles. The molecule has 6 nitrogen and oxygen atoms in total. The Bertz CT molecular complexity index is 956. The van der Waals surface area contributed by atoms with E-state index >= 15 is 0 Å². The smallest absolute Gasteiger partial charge is 0.225 e. The fourth-order valence-corrected chi connectivity index (χ4v) is 5.18. The number of nitrogens with one attached hydrogen (secondary N) is 3. The number of thiocarbonyl (C=S) groups is 1. The van der Waals surface area contributed by atoms with Crippen molar-refractivity contribution in [2.24, 2.45) is 0 Å². The third-order valence-corrected chi connectivity index (χ3v) is 6.93. The summed E-state index contributed by atoms with van der Waals surface area (Å²) in [7, 11) is 4.12. The van der Waals surface area contributed by atoms with E-state index in [1.165, 1.54) is 36.2 Å². The summed E-state index contributed by atoms with van der Waals surface area (Å²) in [6.45, 7) is 2.03. The molecule has 8 heteroatoms. The van der Waals surface area contributed by atoms with Gasteiger partial charge in [-0.25, -0.2) is 9.37 Å². The maximum atomic E-state index is 13.1. The largest absolute Gasteiger partial charge is 0.362 e. The molecule has 0 radical (unpaired) electrons. The molecule has 2 aliphatic rings. The molecule has 1 unspecified atom stereocenters. The van der Waals surface area contributed by atoms with Crippen LogP contribution in [-0.4, -0.2) is 41.3 Å². The highest BCUT2D eigenvalue weighted by Crippen LogP contribution is 2.29. The van der Waals surface area contributed by atoms with Crippen molar-refractivity contribution in [3.8, 4) is 0 Å². The molecule has 4 rings (SSSR count). The van der Waals surface area contributed by atoms with Gasteiger partial charge in [0.25, 0.3) is 0 Å². The predicted molar refractivity (Wildman–Crippen MR) is 136 cm³/mol. The predicted octanol–water partition coefficient (Wildman–Crippen LogP) is 4.51. The average Bonchev–Trinajstić information content (AvgIpc) is 2.80. The van der Waals surface area contributed by atoms with E-state index < -0.39 is 0 Å². The Morgan fingerprint density at radius 1 is 1.03 bits per heavy atom. The van der Waals surface area contributed by atoms with Crippen LogP contribution in [0.3, 0.4) is 0 Å². The van der Waals surface area contributed by atoms with Crippen molar-refractivity contribution >= 4 is 29.1 Å². The summed E-state index contributed by atoms with van der Waals surface area (Å²) in [6, 6.07) is 7.28. The van der Waals surface area contributed by atoms with Gasteiger partial charge in [-0.05, 0) is 88.2 Å². The minimum atomic E-state index is -0.226. The summed E-state index contributed by atoms with van der Waals surface area (Å²) < 4.78 is 13.1. The van der Waals surface area contributed by atoms with Crippen LogP contribution < -0.4 is 20.9 Å². The minimum Gasteiger partial charge on any atom is -0.362 e. The molecule has 2 aromatic rings. The summed E-state index contributed by atoms with van der Waals surface area (Å²) >= 11 is 5.53. The van der Waals surface area contributed by atoms with Crippen LogP contribution in [0, 0.1) is 5.82 Å². The van der Waals surface area contributed by atoms with E-state index in [0.29, 0.717) is 17.2 Å². The fourth-order valence-electron chi connectivity index (χ4n) is 4.83. The molecule has 1 aromatic heterocycles. The molecule has 0 bridgehead atoms. The first-order valence-electron chi connectivity index (χ1n) is 12.0. The van der Waals surface area contributed by atoms with Crippen molar-refractivity contribution in [1.82, 2.24) is 20.6 Å². The number of benzene rings is 1. The Hall–Kier alpha value is -2.48. The van der Waals surface area contributed by atoms with Gasteiger partial charge in [-0.15, -0.1) is 0 Å². The number of aromatic nitrogens is 2. The highest BCUT2D eigenvalue weighted by molar-refractivity contribution is 7.80. The van der Waals surface area contributed by atoms with E-state index in [-0.39, 0.29) is 11.9 Å². The van der Waals surface area contributed by atoms with E-state index in [2.05, 4.69) is 34.9 Å². The van der Waals surface area contributed by atoms with Crippen LogP contribution in [0.25, 0.3) is 0 Å². The van der Waals surface area contributed by atoms with Gasteiger partial charge in [-0.2, -0.15) is 4.98 Å². The van der Waals surface area contributed by atoms with Gasteiger partial charge in [0.05, 0.1) is 11.7 Å². The second-order valence-corrected chi connectivity index (χ2v) is 9.89. The summed E-state index contributed by atoms with van der Waals surface area (Å²) in [6.07, 6.45) is 8.72. The molecule has 3 N–H and O–H groups in total. The second kappa shape index (κ2) is 10.6. The van der Waals surface area contributed by atoms with Gasteiger partial charge in [0.15, 0.2) is 5.11 Å². The van der Waals surface area contributed by atoms with Crippen LogP contribution in [-0.2, 0) is 12.8 Å². The Kier molecular flexibility index (Phi) is 7.63. The van der Waals surface area contributed by atoms with E-state index in [1.54, 1.807) is 12.1 Å². The number of aryl methyl sites for hydroxylation is 1. The first-order chi connectivity index (χ1) is 15.9. The molecule has 0 saturated heterocycles. The maximum Gasteiger partial charge on any atom is 0.225 e. The molecule has 1 aromatic carbocycles. The molecule has 2 aliphatic carbocycles. The summed E-state index contributed by atoms with van der Waals surface area (Å²) in [5.74, 6) is 1.60. The zero-order chi connectivity index (χ0) is 23.4. The number of nitrogens with zero attached hydrogens (tertiary/aromatic N) is 3. The SMILES string of the molecule is CC(NC(=S)N[C@H]1CC[C@@H](Nc2nc3c(c(N(C)C)n2)CCCC3)CC1)c1ccc(F)cc1. The van der Waals surface area contributed by atoms with E-state index in [4.69, 9.17) is 22.2 Å². The zero-order valence-electron chi connectivity index (χ0n) is 19.8. The van der Waals surface area contributed by atoms with Crippen LogP contribution >= 0.6 is 12.2 Å². The molecule has 178 valence electrons. The van der Waals surface area contributed by atoms with E-state index in [1.807, 2.05) is 6.92 Å². The van der Waals surface area contributed by atoms with Gasteiger partial charge in [-0.1, -0.05) is 12.1 Å². The molecule has 1 heterocycles. The van der Waals surface area contributed by atoms with Crippen LogP contribution in [0.1, 0.15) is 68.3 Å². The number of rotatable bonds is 6. The zero-order valence-corrected chi connectivity index (χ0v) is 20.6. The quantitative estimate of drug-likeness (QED) is 0.537. The van der Waals surface area contributed by atoms with Crippen molar-refractivity contribution in [3.63, 3.8) is 0 Å². The molecular formula is C25H35FN6S. The lowest BCUT2D eigenvalue weighted by molar-refractivity contribution is 0.384. The molecular weight excluding hydrogens is 435 g/mol. The number of hydrogen-bond acceptors (Lipinski definition) is 5. The molecule has 33 heavy (non-hydrogen) atoms. The number of halogens is 1. The van der Waals surface area contributed by atoms with Crippen molar-refractivity contribution in [2.45, 2.75) is 76.4 Å². The average molecular weight is 471 g/mol. The molecule has 0 amide bonds. The first-order valence-corrected chi connectivity index (χ1v) is 12.5. The highest BCUT2D eigenvalue weighted by Gasteiger charge is 2.24. The Balaban J connectivity index is 1.27. The fraction of sp³-hybridized carbons (Fsp3) is 0.560. The standard InChI is InChI=1S/C25H35FN6S/c1-16(17-8-10-18(26)11-9-17)27-25(33)29-20-14-12-19(13-15-20)28-24-30-22-7-5-4-6-21(22)23(31-24)32(2)3/h8-11,16,19-20H,4-7,12-15H2,1-3H3,(H2,27,29,33)(H,28,30,31)/t16?,19-,20+. The van der Waals surface area contributed by atoms with Gasteiger partial charge >= 0.3 is 0 Å². The van der Waals surface area contributed by atoms with Crippen LogP contribution in [0.4, 0.5) is 16.2 Å². The lowest BCUT2D eigenvalue weighted by Gasteiger charge is -2.31. The van der Waals surface area contributed by atoms with Crippen molar-refractivity contribution in [3.05, 3.63) is 46.9 Å². The molecule has 0 spiro atoms. The number of hydrogen-bond donors (Lipinski definition) is 3. The Labute approximate surface area is 201 Å². The summed E-state index contributed by atoms with van der Waals surface area (Å²) in [5.41, 5.74) is 3.54. The normalized spacial score (nSPS) is 21.0. The molecule has 1 fully saturated rings. The lowest BCUT2D eigenvalue weighted by Crippen LogP contribution is -2.45. The van der Waals surface area contributed by atoms with Crippen molar-refractivity contribution in [1.29, 1.82) is 0 Å². The van der Waals surface area contributed by atoms with E-state index in [0.717, 1.165) is 55.9 Å². The number of fused-ring (bicyclic) bond motifs is 1. The van der Waals surface area contributed by atoms with Gasteiger partial charge in [0.1, 0.15) is 11.6 Å². The minimum absolute atomic E-state index is 0.0238. The van der Waals surface area contributed by atoms with Crippen LogP contribution in [0.2, 0.25) is 0 Å². The van der Waals surface area contributed by atoms with Crippen molar-refractivity contribution in [2.75, 3.05) is 24.3 Å². The van der Waals surface area contributed by atoms with Gasteiger partial charge in [-0.3, -0.25) is 0 Å². The van der Waals surface area contributed by atoms with Gasteiger partial charge < -0.3 is 20.9 Å². The Morgan fingerprint density at radius 2 is 1.70 bits per heavy atom. The second-order valence-electron chi connectivity index (χ2n) is 9.48. The topological polar surface area (TPSA) is 65.1 Å².